The summed E-state index contributed by atoms with van der Waals surface area (Å²) in [6, 6.07) is 11.2. The second-order valence-electron chi connectivity index (χ2n) is 5.94. The first-order valence-electron chi connectivity index (χ1n) is 8.15. The second-order valence-corrected chi connectivity index (χ2v) is 8.38. The second kappa shape index (κ2) is 8.71. The molecule has 0 bridgehead atoms. The molecule has 3 aromatic rings. The number of primary sulfonamides is 1. The van der Waals surface area contributed by atoms with Crippen LogP contribution < -0.4 is 14.6 Å². The van der Waals surface area contributed by atoms with Crippen LogP contribution in [0.25, 0.3) is 11.0 Å². The van der Waals surface area contributed by atoms with Crippen molar-refractivity contribution in [3.8, 4) is 11.5 Å². The lowest BCUT2D eigenvalue weighted by Gasteiger charge is -2.20. The highest BCUT2D eigenvalue weighted by molar-refractivity contribution is 7.89. The first-order chi connectivity index (χ1) is 13.3. The van der Waals surface area contributed by atoms with Crippen molar-refractivity contribution in [2.75, 3.05) is 5.75 Å². The molecule has 11 heteroatoms. The van der Waals surface area contributed by atoms with E-state index in [4.69, 9.17) is 9.88 Å². The molecule has 2 unspecified atom stereocenters. The molecule has 3 N–H and O–H groups in total. The third-order valence-corrected chi connectivity index (χ3v) is 5.17. The van der Waals surface area contributed by atoms with E-state index in [1.807, 2.05) is 0 Å². The predicted octanol–water partition coefficient (Wildman–Crippen LogP) is 1.53. The monoisotopic (exact) mass is 421 g/mol. The number of hydrogen-bond acceptors (Lipinski definition) is 7. The average Bonchev–Trinajstić information content (AvgIpc) is 2.65. The molecule has 0 aliphatic heterocycles. The Bertz CT molecular complexity index is 1090. The maximum atomic E-state index is 11.2. The van der Waals surface area contributed by atoms with Crippen molar-refractivity contribution in [3.05, 3.63) is 60.4 Å². The molecule has 148 valence electrons. The van der Waals surface area contributed by atoms with Crippen LogP contribution in [0.5, 0.6) is 11.5 Å². The normalized spacial score (nSPS) is 13.9. The van der Waals surface area contributed by atoms with E-state index < -0.39 is 27.3 Å². The van der Waals surface area contributed by atoms with Crippen molar-refractivity contribution in [3.63, 3.8) is 0 Å². The number of aromatic nitrogens is 2. The molecule has 0 radical (unpaired) electrons. The molecule has 2 aromatic carbocycles. The Labute approximate surface area is 164 Å². The van der Waals surface area contributed by atoms with Crippen LogP contribution in [0.2, 0.25) is 0 Å². The number of sulfonamides is 1. The highest BCUT2D eigenvalue weighted by atomic mass is 32.2. The van der Waals surface area contributed by atoms with Crippen molar-refractivity contribution in [1.29, 1.82) is 0 Å². The van der Waals surface area contributed by atoms with Crippen LogP contribution >= 0.6 is 0 Å². The van der Waals surface area contributed by atoms with Gasteiger partial charge in [0.05, 0.1) is 16.8 Å². The summed E-state index contributed by atoms with van der Waals surface area (Å²) >= 11 is -2.55. The molecule has 0 saturated carbocycles. The molecule has 28 heavy (non-hydrogen) atoms. The molecule has 0 saturated heterocycles. The van der Waals surface area contributed by atoms with Gasteiger partial charge in [0.1, 0.15) is 11.5 Å². The van der Waals surface area contributed by atoms with Crippen LogP contribution in [0.3, 0.4) is 0 Å². The van der Waals surface area contributed by atoms with Crippen LogP contribution in [0.15, 0.2) is 54.9 Å². The number of fused-ring (bicyclic) bond motifs is 1. The number of nitrogens with two attached hydrogens (primary N) is 1. The van der Waals surface area contributed by atoms with E-state index >= 15 is 0 Å². The maximum Gasteiger partial charge on any atom is 0.209 e. The summed E-state index contributed by atoms with van der Waals surface area (Å²) in [6.45, 7) is 0. The zero-order valence-corrected chi connectivity index (χ0v) is 16.2. The Hall–Kier alpha value is -2.44. The van der Waals surface area contributed by atoms with Gasteiger partial charge in [-0.2, -0.15) is 0 Å². The first-order valence-corrected chi connectivity index (χ1v) is 10.9. The van der Waals surface area contributed by atoms with Gasteiger partial charge in [-0.1, -0.05) is 12.1 Å². The fraction of sp³-hybridized carbons (Fsp3) is 0.176. The van der Waals surface area contributed by atoms with Crippen molar-refractivity contribution < 1.29 is 21.9 Å². The molecule has 0 spiro atoms. The van der Waals surface area contributed by atoms with Crippen molar-refractivity contribution in [2.24, 2.45) is 5.14 Å². The van der Waals surface area contributed by atoms with Crippen LogP contribution in [0.4, 0.5) is 0 Å². The van der Waals surface area contributed by atoms with Gasteiger partial charge in [-0.15, -0.1) is 0 Å². The lowest BCUT2D eigenvalue weighted by Crippen LogP contribution is -2.27. The Balaban J connectivity index is 1.75. The van der Waals surface area contributed by atoms with Crippen molar-refractivity contribution in [1.82, 2.24) is 14.7 Å². The molecule has 3 rings (SSSR count). The Morgan fingerprint density at radius 1 is 1.07 bits per heavy atom. The predicted molar refractivity (Wildman–Crippen MR) is 103 cm³/mol. The number of hydrogen-bond donors (Lipinski definition) is 2. The minimum absolute atomic E-state index is 0.0103. The van der Waals surface area contributed by atoms with Gasteiger partial charge >= 0.3 is 0 Å². The number of benzene rings is 2. The first kappa shape index (κ1) is 20.3. The van der Waals surface area contributed by atoms with E-state index in [9.17, 15) is 17.2 Å². The third-order valence-electron chi connectivity index (χ3n) is 3.89. The van der Waals surface area contributed by atoms with E-state index in [1.54, 1.807) is 54.9 Å². The number of rotatable bonds is 8. The molecule has 0 fully saturated rings. The molecule has 0 aliphatic carbocycles. The summed E-state index contributed by atoms with van der Waals surface area (Å²) in [5, 5.41) is 5.00. The van der Waals surface area contributed by atoms with Crippen LogP contribution in [0.1, 0.15) is 18.0 Å². The molecule has 2 atom stereocenters. The lowest BCUT2D eigenvalue weighted by atomic mass is 10.1. The molecular weight excluding hydrogens is 404 g/mol. The van der Waals surface area contributed by atoms with Gasteiger partial charge in [0, 0.05) is 35.8 Å². The minimum Gasteiger partial charge on any atom is -0.760 e. The number of ether oxygens (including phenoxy) is 1. The zero-order valence-electron chi connectivity index (χ0n) is 14.5. The number of nitrogens with zero attached hydrogens (tertiary/aromatic N) is 2. The Morgan fingerprint density at radius 3 is 2.36 bits per heavy atom. The maximum absolute atomic E-state index is 11.2. The third kappa shape index (κ3) is 5.78. The van der Waals surface area contributed by atoms with Gasteiger partial charge < -0.3 is 9.29 Å². The van der Waals surface area contributed by atoms with Gasteiger partial charge in [0.2, 0.25) is 10.0 Å². The van der Waals surface area contributed by atoms with Crippen LogP contribution in [0, 0.1) is 0 Å². The van der Waals surface area contributed by atoms with E-state index in [0.29, 0.717) is 22.6 Å². The standard InChI is InChI=1S/C17H18N4O5S2/c18-28(24,25)10-7-15(21-27(22)23)12-1-3-13(4-2-12)26-14-5-6-16-17(11-14)20-9-8-19-16/h1-6,8-9,11,15,21H,7,10H2,(H,22,23)(H2,18,24,25)/p-1. The van der Waals surface area contributed by atoms with Gasteiger partial charge in [0.15, 0.2) is 0 Å². The van der Waals surface area contributed by atoms with E-state index in [1.165, 1.54) is 0 Å². The van der Waals surface area contributed by atoms with Crippen molar-refractivity contribution in [2.45, 2.75) is 12.5 Å². The highest BCUT2D eigenvalue weighted by Crippen LogP contribution is 2.26. The van der Waals surface area contributed by atoms with Crippen LogP contribution in [-0.2, 0) is 21.3 Å². The van der Waals surface area contributed by atoms with Gasteiger partial charge in [-0.25, -0.2) is 18.3 Å². The summed E-state index contributed by atoms with van der Waals surface area (Å²) in [5.74, 6) is 0.754. The van der Waals surface area contributed by atoms with Crippen LogP contribution in [-0.4, -0.2) is 32.9 Å². The Kier molecular flexibility index (Phi) is 6.31. The van der Waals surface area contributed by atoms with E-state index in [-0.39, 0.29) is 12.2 Å². The fourth-order valence-electron chi connectivity index (χ4n) is 2.60. The molecule has 1 heterocycles. The zero-order chi connectivity index (χ0) is 20.1. The highest BCUT2D eigenvalue weighted by Gasteiger charge is 2.15. The molecular formula is C17H17N4O5S2-. The summed E-state index contributed by atoms with van der Waals surface area (Å²) < 4.78 is 52.4. The van der Waals surface area contributed by atoms with E-state index in [2.05, 4.69) is 14.7 Å². The Morgan fingerprint density at radius 2 is 1.71 bits per heavy atom. The lowest BCUT2D eigenvalue weighted by molar-refractivity contribution is 0.482. The van der Waals surface area contributed by atoms with Gasteiger partial charge in [-0.3, -0.25) is 14.2 Å². The summed E-state index contributed by atoms with van der Waals surface area (Å²) in [5.41, 5.74) is 2.03. The summed E-state index contributed by atoms with van der Waals surface area (Å²) in [7, 11) is -3.71. The smallest absolute Gasteiger partial charge is 0.209 e. The molecule has 0 amide bonds. The SMILES string of the molecule is NS(=O)(=O)CCC(NS(=O)[O-])c1ccc(Oc2ccc3nccnc3c2)cc1. The molecule has 9 nitrogen and oxygen atoms in total. The average molecular weight is 421 g/mol. The molecule has 1 aromatic heterocycles. The summed E-state index contributed by atoms with van der Waals surface area (Å²) in [4.78, 5) is 8.41. The van der Waals surface area contributed by atoms with Gasteiger partial charge in [0.25, 0.3) is 0 Å². The van der Waals surface area contributed by atoms with Gasteiger partial charge in [-0.05, 0) is 36.2 Å². The molecule has 0 aliphatic rings. The van der Waals surface area contributed by atoms with Crippen molar-refractivity contribution >= 4 is 32.3 Å². The topological polar surface area (TPSA) is 147 Å². The fourth-order valence-corrected chi connectivity index (χ4v) is 3.65. The largest absolute Gasteiger partial charge is 0.760 e. The number of nitrogens with one attached hydrogen (secondary N) is 1. The minimum atomic E-state index is -3.71. The summed E-state index contributed by atoms with van der Waals surface area (Å²) in [6.07, 6.45) is 3.21. The van der Waals surface area contributed by atoms with E-state index in [0.717, 1.165) is 5.52 Å². The quantitative estimate of drug-likeness (QED) is 0.524.